The summed E-state index contributed by atoms with van der Waals surface area (Å²) >= 11 is 5.64. The highest BCUT2D eigenvalue weighted by Crippen LogP contribution is 2.13. The lowest BCUT2D eigenvalue weighted by Gasteiger charge is -1.93. The first kappa shape index (κ1) is 7.11. The maximum Gasteiger partial charge on any atom is 0.0992 e. The number of rotatable bonds is 0. The molecule has 0 aliphatic rings. The summed E-state index contributed by atoms with van der Waals surface area (Å²) in [6.07, 6.45) is 0. The van der Waals surface area contributed by atoms with Crippen molar-refractivity contribution in [3.8, 4) is 6.07 Å². The van der Waals surface area contributed by atoms with E-state index in [0.717, 1.165) is 5.56 Å². The fourth-order valence-corrected chi connectivity index (χ4v) is 0.973. The van der Waals surface area contributed by atoms with E-state index >= 15 is 0 Å². The van der Waals surface area contributed by atoms with Crippen molar-refractivity contribution >= 4 is 11.6 Å². The van der Waals surface area contributed by atoms with Crippen LogP contribution >= 0.6 is 11.6 Å². The van der Waals surface area contributed by atoms with Gasteiger partial charge < -0.3 is 0 Å². The molecule has 0 saturated heterocycles. The summed E-state index contributed by atoms with van der Waals surface area (Å²) < 4.78 is 0. The van der Waals surface area contributed by atoms with Crippen LogP contribution in [0.1, 0.15) is 11.1 Å². The van der Waals surface area contributed by atoms with E-state index in [2.05, 4.69) is 6.92 Å². The molecule has 1 aromatic rings. The van der Waals surface area contributed by atoms with Crippen LogP contribution in [0.3, 0.4) is 0 Å². The first-order valence-corrected chi connectivity index (χ1v) is 3.13. The Bertz CT molecular complexity index is 266. The van der Waals surface area contributed by atoms with Crippen molar-refractivity contribution in [3.05, 3.63) is 41.3 Å². The maximum atomic E-state index is 8.45. The van der Waals surface area contributed by atoms with Gasteiger partial charge in [-0.2, -0.15) is 5.26 Å². The van der Waals surface area contributed by atoms with E-state index in [1.807, 2.05) is 6.07 Å². The quantitative estimate of drug-likeness (QED) is 0.557. The molecule has 1 aromatic carbocycles. The minimum atomic E-state index is 0.553. The number of halogens is 1. The van der Waals surface area contributed by atoms with Crippen molar-refractivity contribution in [3.63, 3.8) is 0 Å². The Balaban J connectivity index is 3.22. The van der Waals surface area contributed by atoms with E-state index < -0.39 is 0 Å². The first-order chi connectivity index (χ1) is 4.72. The third-order valence-corrected chi connectivity index (χ3v) is 1.30. The number of nitrogens with zero attached hydrogens (tertiary/aromatic N) is 1. The second kappa shape index (κ2) is 2.72. The molecule has 2 heteroatoms. The van der Waals surface area contributed by atoms with Gasteiger partial charge in [0.1, 0.15) is 0 Å². The van der Waals surface area contributed by atoms with Gasteiger partial charge in [-0.05, 0) is 30.7 Å². The summed E-state index contributed by atoms with van der Waals surface area (Å²) in [5.74, 6) is 0. The Morgan fingerprint density at radius 3 is 2.60 bits per heavy atom. The molecule has 1 nitrogen and oxygen atoms in total. The zero-order valence-electron chi connectivity index (χ0n) is 5.26. The van der Waals surface area contributed by atoms with Gasteiger partial charge in [0.15, 0.2) is 0 Å². The molecule has 0 heterocycles. The molecule has 49 valence electrons. The minimum absolute atomic E-state index is 0.553. The van der Waals surface area contributed by atoms with Gasteiger partial charge in [-0.3, -0.25) is 0 Å². The van der Waals surface area contributed by atoms with E-state index in [1.54, 1.807) is 18.2 Å². The Morgan fingerprint density at radius 1 is 1.40 bits per heavy atom. The van der Waals surface area contributed by atoms with Crippen molar-refractivity contribution in [1.82, 2.24) is 0 Å². The smallest absolute Gasteiger partial charge is 0.0992 e. The monoisotopic (exact) mass is 150 g/mol. The van der Waals surface area contributed by atoms with E-state index in [4.69, 9.17) is 16.9 Å². The second-order valence-electron chi connectivity index (χ2n) is 1.96. The highest BCUT2D eigenvalue weighted by molar-refractivity contribution is 6.30. The van der Waals surface area contributed by atoms with Crippen LogP contribution in [0.4, 0.5) is 0 Å². The van der Waals surface area contributed by atoms with Crippen LogP contribution in [0.25, 0.3) is 0 Å². The predicted molar refractivity (Wildman–Crippen MR) is 40.6 cm³/mol. The normalized spacial score (nSPS) is 8.90. The van der Waals surface area contributed by atoms with Crippen LogP contribution in [0, 0.1) is 18.3 Å². The molecule has 0 aliphatic carbocycles. The molecule has 0 saturated carbocycles. The molecule has 0 unspecified atom stereocenters. The SMILES string of the molecule is [CH2]c1cc(Cl)cc(C#N)c1. The minimum Gasteiger partial charge on any atom is -0.192 e. The zero-order valence-corrected chi connectivity index (χ0v) is 6.02. The molecular formula is C8H5ClN. The van der Waals surface area contributed by atoms with Gasteiger partial charge in [0.2, 0.25) is 0 Å². The Labute approximate surface area is 64.9 Å². The molecule has 0 N–H and O–H groups in total. The molecule has 0 aromatic heterocycles. The summed E-state index contributed by atoms with van der Waals surface area (Å²) in [6, 6.07) is 6.99. The highest BCUT2D eigenvalue weighted by atomic mass is 35.5. The molecule has 0 aliphatic heterocycles. The molecular weight excluding hydrogens is 146 g/mol. The first-order valence-electron chi connectivity index (χ1n) is 2.75. The number of nitriles is 1. The fourth-order valence-electron chi connectivity index (χ4n) is 0.715. The number of hydrogen-bond donors (Lipinski definition) is 0. The Kier molecular flexibility index (Phi) is 1.94. The van der Waals surface area contributed by atoms with Crippen LogP contribution in [-0.2, 0) is 0 Å². The largest absolute Gasteiger partial charge is 0.192 e. The summed E-state index contributed by atoms with van der Waals surface area (Å²) in [6.45, 7) is 3.65. The maximum absolute atomic E-state index is 8.45. The lowest BCUT2D eigenvalue weighted by atomic mass is 10.2. The van der Waals surface area contributed by atoms with Crippen molar-refractivity contribution < 1.29 is 0 Å². The molecule has 0 spiro atoms. The fraction of sp³-hybridized carbons (Fsp3) is 0. The highest BCUT2D eigenvalue weighted by Gasteiger charge is 1.93. The molecule has 10 heavy (non-hydrogen) atoms. The van der Waals surface area contributed by atoms with Crippen LogP contribution in [-0.4, -0.2) is 0 Å². The van der Waals surface area contributed by atoms with Crippen LogP contribution in [0.5, 0.6) is 0 Å². The molecule has 0 fully saturated rings. The van der Waals surface area contributed by atoms with Gasteiger partial charge in [0.25, 0.3) is 0 Å². The van der Waals surface area contributed by atoms with Crippen LogP contribution < -0.4 is 0 Å². The van der Waals surface area contributed by atoms with Gasteiger partial charge in [-0.1, -0.05) is 11.6 Å². The van der Waals surface area contributed by atoms with E-state index in [0.29, 0.717) is 10.6 Å². The van der Waals surface area contributed by atoms with Gasteiger partial charge in [-0.15, -0.1) is 0 Å². The van der Waals surface area contributed by atoms with E-state index in [9.17, 15) is 0 Å². The number of hydrogen-bond acceptors (Lipinski definition) is 1. The Hall–Kier alpha value is -1.00. The summed E-state index contributed by atoms with van der Waals surface area (Å²) in [5, 5.41) is 9.01. The van der Waals surface area contributed by atoms with Crippen molar-refractivity contribution in [2.24, 2.45) is 0 Å². The summed E-state index contributed by atoms with van der Waals surface area (Å²) in [7, 11) is 0. The van der Waals surface area contributed by atoms with Crippen molar-refractivity contribution in [1.29, 1.82) is 5.26 Å². The molecule has 0 bridgehead atoms. The zero-order chi connectivity index (χ0) is 7.56. The topological polar surface area (TPSA) is 23.8 Å². The van der Waals surface area contributed by atoms with Gasteiger partial charge in [-0.25, -0.2) is 0 Å². The average Bonchev–Trinajstić information content (AvgIpc) is 1.85. The summed E-state index contributed by atoms with van der Waals surface area (Å²) in [4.78, 5) is 0. The third-order valence-electron chi connectivity index (χ3n) is 1.09. The van der Waals surface area contributed by atoms with Crippen molar-refractivity contribution in [2.45, 2.75) is 0 Å². The standard InChI is InChI=1S/C8H5ClN/c1-6-2-7(5-10)4-8(9)3-6/h2-4H,1H2. The van der Waals surface area contributed by atoms with Crippen molar-refractivity contribution in [2.75, 3.05) is 0 Å². The summed E-state index contributed by atoms with van der Waals surface area (Å²) in [5.41, 5.74) is 1.32. The van der Waals surface area contributed by atoms with Gasteiger partial charge in [0.05, 0.1) is 11.6 Å². The van der Waals surface area contributed by atoms with E-state index in [1.165, 1.54) is 0 Å². The molecule has 1 rings (SSSR count). The molecule has 0 amide bonds. The molecule has 1 radical (unpaired) electrons. The molecule has 0 atom stereocenters. The van der Waals surface area contributed by atoms with Gasteiger partial charge in [0, 0.05) is 5.02 Å². The average molecular weight is 151 g/mol. The lowest BCUT2D eigenvalue weighted by molar-refractivity contribution is 1.47. The van der Waals surface area contributed by atoms with Crippen LogP contribution in [0.15, 0.2) is 18.2 Å². The third kappa shape index (κ3) is 1.49. The second-order valence-corrected chi connectivity index (χ2v) is 2.40. The number of benzene rings is 1. The van der Waals surface area contributed by atoms with Gasteiger partial charge >= 0.3 is 0 Å². The predicted octanol–water partition coefficient (Wildman–Crippen LogP) is 2.39. The van der Waals surface area contributed by atoms with Crippen LogP contribution in [0.2, 0.25) is 5.02 Å². The Morgan fingerprint density at radius 2 is 2.10 bits per heavy atom. The van der Waals surface area contributed by atoms with E-state index in [-0.39, 0.29) is 0 Å². The lowest BCUT2D eigenvalue weighted by Crippen LogP contribution is -1.76.